The topological polar surface area (TPSA) is 37.9 Å². The molecule has 1 N–H and O–H groups in total. The molecule has 0 atom stereocenters. The van der Waals surface area contributed by atoms with Gasteiger partial charge in [0.25, 0.3) is 0 Å². The van der Waals surface area contributed by atoms with Crippen LogP contribution in [0.2, 0.25) is 0 Å². The van der Waals surface area contributed by atoms with E-state index in [4.69, 9.17) is 17.0 Å². The lowest BCUT2D eigenvalue weighted by molar-refractivity contribution is 0.116. The van der Waals surface area contributed by atoms with Crippen molar-refractivity contribution < 1.29 is 4.74 Å². The van der Waals surface area contributed by atoms with Crippen molar-refractivity contribution in [2.45, 2.75) is 40.2 Å². The third-order valence-electron chi connectivity index (χ3n) is 2.06. The first-order chi connectivity index (χ1) is 7.61. The van der Waals surface area contributed by atoms with Crippen molar-refractivity contribution in [1.82, 2.24) is 9.97 Å². The van der Waals surface area contributed by atoms with Gasteiger partial charge in [-0.05, 0) is 24.8 Å². The van der Waals surface area contributed by atoms with Gasteiger partial charge >= 0.3 is 0 Å². The van der Waals surface area contributed by atoms with Crippen LogP contribution in [0.15, 0.2) is 6.07 Å². The highest BCUT2D eigenvalue weighted by Gasteiger charge is 2.02. The summed E-state index contributed by atoms with van der Waals surface area (Å²) in [6, 6.07) is 1.93. The first-order valence-corrected chi connectivity index (χ1v) is 6.19. The van der Waals surface area contributed by atoms with Crippen molar-refractivity contribution in [3.8, 4) is 0 Å². The van der Waals surface area contributed by atoms with Crippen molar-refractivity contribution in [2.24, 2.45) is 5.92 Å². The Morgan fingerprint density at radius 1 is 1.50 bits per heavy atom. The predicted octanol–water partition coefficient (Wildman–Crippen LogP) is 3.26. The fraction of sp³-hybridized carbons (Fsp3) is 0.667. The van der Waals surface area contributed by atoms with E-state index in [1.807, 2.05) is 6.07 Å². The first-order valence-electron chi connectivity index (χ1n) is 5.78. The van der Waals surface area contributed by atoms with Crippen molar-refractivity contribution >= 4 is 12.2 Å². The Bertz CT molecular complexity index is 374. The lowest BCUT2D eigenvalue weighted by Gasteiger charge is -2.08. The summed E-state index contributed by atoms with van der Waals surface area (Å²) in [6.45, 7) is 7.74. The molecule has 0 fully saturated rings. The van der Waals surface area contributed by atoms with Gasteiger partial charge in [0, 0.05) is 12.3 Å². The number of nitrogens with zero attached hydrogens (tertiary/aromatic N) is 1. The summed E-state index contributed by atoms with van der Waals surface area (Å²) in [5.74, 6) is 1.44. The Labute approximate surface area is 102 Å². The average molecular weight is 240 g/mol. The van der Waals surface area contributed by atoms with Crippen LogP contribution in [-0.2, 0) is 17.8 Å². The molecular formula is C12H20N2OS. The van der Waals surface area contributed by atoms with E-state index < -0.39 is 0 Å². The molecule has 0 unspecified atom stereocenters. The zero-order valence-electron chi connectivity index (χ0n) is 10.2. The van der Waals surface area contributed by atoms with Gasteiger partial charge in [0.1, 0.15) is 17.1 Å². The van der Waals surface area contributed by atoms with Gasteiger partial charge in [0.2, 0.25) is 0 Å². The Kier molecular flexibility index (Phi) is 5.63. The van der Waals surface area contributed by atoms with Gasteiger partial charge < -0.3 is 9.72 Å². The van der Waals surface area contributed by atoms with E-state index >= 15 is 0 Å². The van der Waals surface area contributed by atoms with Gasteiger partial charge in [0.15, 0.2) is 0 Å². The predicted molar refractivity (Wildman–Crippen MR) is 67.9 cm³/mol. The largest absolute Gasteiger partial charge is 0.374 e. The molecule has 0 saturated heterocycles. The van der Waals surface area contributed by atoms with E-state index in [2.05, 4.69) is 30.7 Å². The van der Waals surface area contributed by atoms with Crippen LogP contribution in [0.4, 0.5) is 0 Å². The average Bonchev–Trinajstić information content (AvgIpc) is 2.16. The SMILES string of the molecule is CCCOCc1nc(=S)cc(CC(C)C)[nH]1. The summed E-state index contributed by atoms with van der Waals surface area (Å²) in [6.07, 6.45) is 2.01. The van der Waals surface area contributed by atoms with E-state index in [-0.39, 0.29) is 0 Å². The molecule has 0 saturated carbocycles. The van der Waals surface area contributed by atoms with Gasteiger partial charge in [-0.2, -0.15) is 0 Å². The molecule has 0 radical (unpaired) electrons. The number of ether oxygens (including phenoxy) is 1. The molecule has 0 bridgehead atoms. The standard InChI is InChI=1S/C12H20N2OS/c1-4-5-15-8-11-13-10(6-9(2)3)7-12(16)14-11/h7,9H,4-6,8H2,1-3H3,(H,13,14,16). The van der Waals surface area contributed by atoms with Gasteiger partial charge in [-0.15, -0.1) is 0 Å². The molecule has 3 nitrogen and oxygen atoms in total. The number of H-pyrrole nitrogens is 1. The zero-order chi connectivity index (χ0) is 12.0. The van der Waals surface area contributed by atoms with E-state index in [1.54, 1.807) is 0 Å². The quantitative estimate of drug-likeness (QED) is 0.612. The maximum absolute atomic E-state index is 5.44. The monoisotopic (exact) mass is 240 g/mol. The van der Waals surface area contributed by atoms with E-state index in [1.165, 1.54) is 0 Å². The number of aromatic amines is 1. The summed E-state index contributed by atoms with van der Waals surface area (Å²) in [7, 11) is 0. The summed E-state index contributed by atoms with van der Waals surface area (Å²) in [5.41, 5.74) is 1.14. The van der Waals surface area contributed by atoms with E-state index in [0.717, 1.165) is 31.0 Å². The fourth-order valence-corrected chi connectivity index (χ4v) is 1.75. The highest BCUT2D eigenvalue weighted by atomic mass is 32.1. The van der Waals surface area contributed by atoms with Crippen molar-refractivity contribution in [3.63, 3.8) is 0 Å². The molecular weight excluding hydrogens is 220 g/mol. The molecule has 0 aliphatic rings. The lowest BCUT2D eigenvalue weighted by Crippen LogP contribution is -2.05. The van der Waals surface area contributed by atoms with Crippen LogP contribution in [0.5, 0.6) is 0 Å². The second-order valence-electron chi connectivity index (χ2n) is 4.34. The molecule has 1 aromatic rings. The molecule has 0 aliphatic carbocycles. The molecule has 4 heteroatoms. The van der Waals surface area contributed by atoms with Crippen LogP contribution >= 0.6 is 12.2 Å². The van der Waals surface area contributed by atoms with Crippen LogP contribution in [0.3, 0.4) is 0 Å². The summed E-state index contributed by atoms with van der Waals surface area (Å²) in [5, 5.41) is 0. The van der Waals surface area contributed by atoms with Crippen LogP contribution in [0.25, 0.3) is 0 Å². The highest BCUT2D eigenvalue weighted by molar-refractivity contribution is 7.71. The number of nitrogens with one attached hydrogen (secondary N) is 1. The van der Waals surface area contributed by atoms with Gasteiger partial charge in [-0.1, -0.05) is 33.0 Å². The number of aromatic nitrogens is 2. The molecule has 90 valence electrons. The molecule has 1 rings (SSSR count). The molecule has 16 heavy (non-hydrogen) atoms. The van der Waals surface area contributed by atoms with Crippen LogP contribution in [0, 0.1) is 10.6 Å². The highest BCUT2D eigenvalue weighted by Crippen LogP contribution is 2.06. The maximum Gasteiger partial charge on any atom is 0.134 e. The molecule has 0 aliphatic heterocycles. The minimum absolute atomic E-state index is 0.517. The van der Waals surface area contributed by atoms with Gasteiger partial charge in [-0.3, -0.25) is 0 Å². The second-order valence-corrected chi connectivity index (χ2v) is 4.76. The van der Waals surface area contributed by atoms with Crippen LogP contribution in [0.1, 0.15) is 38.7 Å². The van der Waals surface area contributed by atoms with Crippen LogP contribution < -0.4 is 0 Å². The Morgan fingerprint density at radius 2 is 2.25 bits per heavy atom. The number of hydrogen-bond donors (Lipinski definition) is 1. The molecule has 0 amide bonds. The van der Waals surface area contributed by atoms with E-state index in [0.29, 0.717) is 17.2 Å². The lowest BCUT2D eigenvalue weighted by atomic mass is 10.1. The molecule has 0 spiro atoms. The minimum Gasteiger partial charge on any atom is -0.374 e. The van der Waals surface area contributed by atoms with Gasteiger partial charge in [-0.25, -0.2) is 4.98 Å². The summed E-state index contributed by atoms with van der Waals surface area (Å²) >= 11 is 5.13. The number of rotatable bonds is 6. The van der Waals surface area contributed by atoms with Gasteiger partial charge in [0.05, 0.1) is 0 Å². The summed E-state index contributed by atoms with van der Waals surface area (Å²) < 4.78 is 6.09. The van der Waals surface area contributed by atoms with Crippen molar-refractivity contribution in [3.05, 3.63) is 22.2 Å². The third kappa shape index (κ3) is 4.86. The smallest absolute Gasteiger partial charge is 0.134 e. The zero-order valence-corrected chi connectivity index (χ0v) is 11.1. The minimum atomic E-state index is 0.517. The summed E-state index contributed by atoms with van der Waals surface area (Å²) in [4.78, 5) is 7.52. The fourth-order valence-electron chi connectivity index (χ4n) is 1.50. The Morgan fingerprint density at radius 3 is 2.88 bits per heavy atom. The maximum atomic E-state index is 5.44. The Hall–Kier alpha value is -0.740. The van der Waals surface area contributed by atoms with Crippen molar-refractivity contribution in [1.29, 1.82) is 0 Å². The third-order valence-corrected chi connectivity index (χ3v) is 2.27. The molecule has 1 aromatic heterocycles. The molecule has 1 heterocycles. The molecule has 0 aromatic carbocycles. The number of hydrogen-bond acceptors (Lipinski definition) is 3. The normalized spacial score (nSPS) is 11.0. The van der Waals surface area contributed by atoms with E-state index in [9.17, 15) is 0 Å². The Balaban J connectivity index is 2.69. The first kappa shape index (κ1) is 13.3. The second kappa shape index (κ2) is 6.76. The van der Waals surface area contributed by atoms with Crippen molar-refractivity contribution in [2.75, 3.05) is 6.61 Å². The van der Waals surface area contributed by atoms with Crippen LogP contribution in [-0.4, -0.2) is 16.6 Å².